The van der Waals surface area contributed by atoms with E-state index in [0.29, 0.717) is 5.56 Å². The minimum absolute atomic E-state index is 0.0291. The Morgan fingerprint density at radius 1 is 1.45 bits per heavy atom. The molecule has 0 saturated heterocycles. The highest BCUT2D eigenvalue weighted by Gasteiger charge is 2.22. The number of aliphatic hydroxyl groups excluding tert-OH is 1. The highest BCUT2D eigenvalue weighted by Crippen LogP contribution is 2.14. The van der Waals surface area contributed by atoms with E-state index in [2.05, 4.69) is 16.6 Å². The average molecular weight is 296 g/mol. The van der Waals surface area contributed by atoms with Gasteiger partial charge in [0.2, 0.25) is 15.9 Å². The number of primary amides is 1. The number of nitrogens with one attached hydrogen (secondary N) is 1. The summed E-state index contributed by atoms with van der Waals surface area (Å²) in [5.41, 5.74) is 5.33. The van der Waals surface area contributed by atoms with E-state index in [1.807, 2.05) is 0 Å². The van der Waals surface area contributed by atoms with Crippen LogP contribution < -0.4 is 10.5 Å². The summed E-state index contributed by atoms with van der Waals surface area (Å²) in [5, 5.41) is 8.67. The van der Waals surface area contributed by atoms with Crippen LogP contribution in [0.3, 0.4) is 0 Å². The number of benzene rings is 1. The predicted octanol–water partition coefficient (Wildman–Crippen LogP) is -0.427. The summed E-state index contributed by atoms with van der Waals surface area (Å²) in [4.78, 5) is 10.9. The van der Waals surface area contributed by atoms with Crippen molar-refractivity contribution in [2.75, 3.05) is 6.61 Å². The normalized spacial score (nSPS) is 12.3. The molecule has 1 aromatic rings. The van der Waals surface area contributed by atoms with Crippen LogP contribution in [0.25, 0.3) is 0 Å². The Morgan fingerprint density at radius 3 is 2.70 bits per heavy atom. The van der Waals surface area contributed by atoms with Gasteiger partial charge >= 0.3 is 0 Å². The van der Waals surface area contributed by atoms with E-state index in [4.69, 9.17) is 10.8 Å². The van der Waals surface area contributed by atoms with E-state index in [1.165, 1.54) is 13.0 Å². The van der Waals surface area contributed by atoms with Crippen LogP contribution in [0.1, 0.15) is 18.9 Å². The third-order valence-electron chi connectivity index (χ3n) is 2.40. The van der Waals surface area contributed by atoms with Gasteiger partial charge < -0.3 is 10.8 Å². The van der Waals surface area contributed by atoms with Gasteiger partial charge in [0.1, 0.15) is 0 Å². The lowest BCUT2D eigenvalue weighted by atomic mass is 10.2. The molecule has 0 aliphatic carbocycles. The molecule has 0 aliphatic heterocycles. The maximum Gasteiger partial charge on any atom is 0.242 e. The van der Waals surface area contributed by atoms with E-state index in [1.54, 1.807) is 18.2 Å². The Kier molecular flexibility index (Phi) is 5.70. The molecular formula is C13H16N2O4S. The largest absolute Gasteiger partial charge is 0.395 e. The van der Waals surface area contributed by atoms with Crippen molar-refractivity contribution in [2.45, 2.75) is 24.3 Å². The van der Waals surface area contributed by atoms with Crippen LogP contribution in [-0.2, 0) is 14.8 Å². The molecule has 1 amide bonds. The minimum atomic E-state index is -3.89. The molecule has 1 aromatic carbocycles. The molecule has 0 fully saturated rings. The second kappa shape index (κ2) is 7.05. The average Bonchev–Trinajstić information content (AvgIpc) is 2.39. The molecule has 0 bridgehead atoms. The Labute approximate surface area is 118 Å². The van der Waals surface area contributed by atoms with Crippen LogP contribution in [0.4, 0.5) is 0 Å². The second-order valence-corrected chi connectivity index (χ2v) is 5.70. The second-order valence-electron chi connectivity index (χ2n) is 4.02. The molecule has 0 aromatic heterocycles. The third-order valence-corrected chi connectivity index (χ3v) is 3.99. The van der Waals surface area contributed by atoms with Gasteiger partial charge in [-0.2, -0.15) is 4.72 Å². The van der Waals surface area contributed by atoms with Gasteiger partial charge in [0.25, 0.3) is 0 Å². The summed E-state index contributed by atoms with van der Waals surface area (Å²) in [6.45, 7) is 1.26. The molecular weight excluding hydrogens is 280 g/mol. The third kappa shape index (κ3) is 4.35. The van der Waals surface area contributed by atoms with Gasteiger partial charge in [-0.05, 0) is 19.1 Å². The van der Waals surface area contributed by atoms with Crippen molar-refractivity contribution >= 4 is 15.9 Å². The maximum atomic E-state index is 12.2. The molecule has 4 N–H and O–H groups in total. The number of amides is 1. The number of aliphatic hydroxyl groups is 1. The van der Waals surface area contributed by atoms with Crippen molar-refractivity contribution in [3.63, 3.8) is 0 Å². The lowest BCUT2D eigenvalue weighted by Crippen LogP contribution is -2.42. The molecule has 1 rings (SSSR count). The zero-order valence-corrected chi connectivity index (χ0v) is 11.8. The molecule has 0 saturated carbocycles. The fourth-order valence-corrected chi connectivity index (χ4v) is 2.75. The fraction of sp³-hybridized carbons (Fsp3) is 0.308. The van der Waals surface area contributed by atoms with E-state index in [9.17, 15) is 13.2 Å². The van der Waals surface area contributed by atoms with E-state index in [0.717, 1.165) is 0 Å². The Bertz CT molecular complexity index is 644. The van der Waals surface area contributed by atoms with Gasteiger partial charge in [-0.1, -0.05) is 24.0 Å². The Morgan fingerprint density at radius 2 is 2.10 bits per heavy atom. The summed E-state index contributed by atoms with van der Waals surface area (Å²) in [5.74, 6) is 4.57. The SMILES string of the molecule is CC(NS(=O)(=O)c1ccccc1C#CCCO)C(N)=O. The smallest absolute Gasteiger partial charge is 0.242 e. The highest BCUT2D eigenvalue weighted by atomic mass is 32.2. The van der Waals surface area contributed by atoms with Crippen molar-refractivity contribution in [1.82, 2.24) is 4.72 Å². The number of nitrogens with two attached hydrogens (primary N) is 1. The molecule has 20 heavy (non-hydrogen) atoms. The van der Waals surface area contributed by atoms with Gasteiger partial charge in [0, 0.05) is 12.0 Å². The summed E-state index contributed by atoms with van der Waals surface area (Å²) in [6.07, 6.45) is 0.250. The van der Waals surface area contributed by atoms with Crippen LogP contribution in [0.2, 0.25) is 0 Å². The van der Waals surface area contributed by atoms with E-state index in [-0.39, 0.29) is 17.9 Å². The van der Waals surface area contributed by atoms with Crippen molar-refractivity contribution in [3.05, 3.63) is 29.8 Å². The number of carbonyl (C=O) groups is 1. The van der Waals surface area contributed by atoms with Crippen molar-refractivity contribution in [2.24, 2.45) is 5.73 Å². The molecule has 0 aliphatic rings. The lowest BCUT2D eigenvalue weighted by molar-refractivity contribution is -0.119. The number of sulfonamides is 1. The number of carbonyl (C=O) groups excluding carboxylic acids is 1. The summed E-state index contributed by atoms with van der Waals surface area (Å²) >= 11 is 0. The zero-order valence-electron chi connectivity index (χ0n) is 11.0. The molecule has 108 valence electrons. The lowest BCUT2D eigenvalue weighted by Gasteiger charge is -2.12. The first kappa shape index (κ1) is 16.2. The standard InChI is InChI=1S/C13H16N2O4S/c1-10(13(14)17)15-20(18,19)12-8-3-2-6-11(12)7-4-5-9-16/h2-3,6,8,10,15-16H,5,9H2,1H3,(H2,14,17). The first-order valence-corrected chi connectivity index (χ1v) is 7.37. The molecule has 1 atom stereocenters. The Hall–Kier alpha value is -1.88. The van der Waals surface area contributed by atoms with Crippen molar-refractivity contribution in [3.8, 4) is 11.8 Å². The minimum Gasteiger partial charge on any atom is -0.395 e. The number of rotatable bonds is 5. The van der Waals surface area contributed by atoms with Gasteiger partial charge in [-0.25, -0.2) is 8.42 Å². The van der Waals surface area contributed by atoms with E-state index >= 15 is 0 Å². The summed E-state index contributed by atoms with van der Waals surface area (Å²) < 4.78 is 26.5. The van der Waals surface area contributed by atoms with Crippen LogP contribution in [0.5, 0.6) is 0 Å². The van der Waals surface area contributed by atoms with E-state index < -0.39 is 22.0 Å². The number of hydrogen-bond donors (Lipinski definition) is 3. The molecule has 0 heterocycles. The zero-order chi connectivity index (χ0) is 15.2. The molecule has 1 unspecified atom stereocenters. The topological polar surface area (TPSA) is 109 Å². The van der Waals surface area contributed by atoms with Gasteiger partial charge in [-0.15, -0.1) is 0 Å². The van der Waals surface area contributed by atoms with Crippen molar-refractivity contribution in [1.29, 1.82) is 0 Å². The van der Waals surface area contributed by atoms with Crippen LogP contribution in [-0.4, -0.2) is 32.1 Å². The molecule has 6 nitrogen and oxygen atoms in total. The number of hydrogen-bond acceptors (Lipinski definition) is 4. The monoisotopic (exact) mass is 296 g/mol. The van der Waals surface area contributed by atoms with Crippen LogP contribution in [0.15, 0.2) is 29.2 Å². The highest BCUT2D eigenvalue weighted by molar-refractivity contribution is 7.89. The Balaban J connectivity index is 3.13. The van der Waals surface area contributed by atoms with Crippen LogP contribution >= 0.6 is 0 Å². The first-order chi connectivity index (χ1) is 9.38. The van der Waals surface area contributed by atoms with Gasteiger partial charge in [0.15, 0.2) is 0 Å². The fourth-order valence-electron chi connectivity index (χ4n) is 1.37. The van der Waals surface area contributed by atoms with Gasteiger partial charge in [0.05, 0.1) is 17.5 Å². The summed E-state index contributed by atoms with van der Waals surface area (Å²) in [7, 11) is -3.89. The molecule has 0 spiro atoms. The quantitative estimate of drug-likeness (QED) is 0.641. The molecule has 7 heteroatoms. The van der Waals surface area contributed by atoms with Crippen LogP contribution in [0, 0.1) is 11.8 Å². The maximum absolute atomic E-state index is 12.2. The summed E-state index contributed by atoms with van der Waals surface area (Å²) in [6, 6.07) is 5.13. The molecule has 0 radical (unpaired) electrons. The van der Waals surface area contributed by atoms with Gasteiger partial charge in [-0.3, -0.25) is 4.79 Å². The predicted molar refractivity (Wildman–Crippen MR) is 74.0 cm³/mol. The first-order valence-electron chi connectivity index (χ1n) is 5.89. The van der Waals surface area contributed by atoms with Crippen molar-refractivity contribution < 1.29 is 18.3 Å².